The van der Waals surface area contributed by atoms with E-state index in [1.54, 1.807) is 7.11 Å². The Morgan fingerprint density at radius 3 is 2.71 bits per heavy atom. The molecule has 0 saturated carbocycles. The first-order valence-electron chi connectivity index (χ1n) is 8.08. The zero-order chi connectivity index (χ0) is 17.5. The molecule has 1 aromatic carbocycles. The van der Waals surface area contributed by atoms with Gasteiger partial charge in [0.05, 0.1) is 24.1 Å². The molecule has 2 aromatic rings. The fourth-order valence-electron chi connectivity index (χ4n) is 3.33. The Morgan fingerprint density at radius 2 is 2.08 bits per heavy atom. The van der Waals surface area contributed by atoms with Crippen molar-refractivity contribution in [2.75, 3.05) is 25.7 Å². The van der Waals surface area contributed by atoms with Gasteiger partial charge in [0.15, 0.2) is 9.84 Å². The topological polar surface area (TPSA) is 59.5 Å². The maximum Gasteiger partial charge on any atom is 0.218 e. The summed E-state index contributed by atoms with van der Waals surface area (Å²) in [5.74, 6) is 1.07. The Kier molecular flexibility index (Phi) is 4.30. The van der Waals surface area contributed by atoms with Crippen LogP contribution >= 0.6 is 0 Å². The van der Waals surface area contributed by atoms with Gasteiger partial charge in [-0.15, -0.1) is 0 Å². The Bertz CT molecular complexity index is 879. The molecule has 130 valence electrons. The Hall–Kier alpha value is -1.66. The molecule has 0 radical (unpaired) electrons. The number of hydrogen-bond acceptors (Lipinski definition) is 5. The van der Waals surface area contributed by atoms with Gasteiger partial charge < -0.3 is 4.74 Å². The van der Waals surface area contributed by atoms with Crippen molar-refractivity contribution in [2.45, 2.75) is 32.4 Å². The molecular weight excluding hydrogens is 324 g/mol. The Balaban J connectivity index is 1.93. The highest BCUT2D eigenvalue weighted by atomic mass is 32.2. The van der Waals surface area contributed by atoms with Gasteiger partial charge in [-0.05, 0) is 45.0 Å². The van der Waals surface area contributed by atoms with E-state index in [2.05, 4.69) is 28.1 Å². The van der Waals surface area contributed by atoms with Crippen molar-refractivity contribution < 1.29 is 13.2 Å². The molecule has 0 aliphatic carbocycles. The molecule has 3 rings (SSSR count). The fourth-order valence-corrected chi connectivity index (χ4v) is 5.54. The fraction of sp³-hybridized carbons (Fsp3) is 0.500. The molecule has 2 heterocycles. The van der Waals surface area contributed by atoms with Crippen molar-refractivity contribution in [3.05, 3.63) is 35.4 Å². The second kappa shape index (κ2) is 6.01. The first kappa shape index (κ1) is 17.2. The van der Waals surface area contributed by atoms with Crippen molar-refractivity contribution in [1.82, 2.24) is 9.88 Å². The molecule has 0 unspecified atom stereocenters. The van der Waals surface area contributed by atoms with Gasteiger partial charge >= 0.3 is 0 Å². The van der Waals surface area contributed by atoms with Crippen LogP contribution in [0.2, 0.25) is 0 Å². The van der Waals surface area contributed by atoms with E-state index < -0.39 is 9.84 Å². The number of aryl methyl sites for hydroxylation is 1. The average Bonchev–Trinajstić information content (AvgIpc) is 2.81. The molecular formula is C18H24N2O3S. The lowest BCUT2D eigenvalue weighted by atomic mass is 9.99. The second-order valence-electron chi connectivity index (χ2n) is 7.05. The van der Waals surface area contributed by atoms with E-state index in [0.29, 0.717) is 18.8 Å². The van der Waals surface area contributed by atoms with Crippen LogP contribution < -0.4 is 4.74 Å². The van der Waals surface area contributed by atoms with E-state index in [0.717, 1.165) is 22.0 Å². The molecule has 0 N–H and O–H groups in total. The van der Waals surface area contributed by atoms with Gasteiger partial charge in [0, 0.05) is 23.0 Å². The number of methoxy groups -OCH3 is 1. The van der Waals surface area contributed by atoms with Crippen molar-refractivity contribution in [1.29, 1.82) is 0 Å². The second-order valence-corrected chi connectivity index (χ2v) is 9.23. The first-order chi connectivity index (χ1) is 11.2. The molecule has 0 spiro atoms. The van der Waals surface area contributed by atoms with Crippen molar-refractivity contribution in [2.24, 2.45) is 0 Å². The largest absolute Gasteiger partial charge is 0.481 e. The lowest BCUT2D eigenvalue weighted by molar-refractivity contribution is 0.152. The molecule has 1 saturated heterocycles. The van der Waals surface area contributed by atoms with Gasteiger partial charge in [0.2, 0.25) is 5.88 Å². The number of nitrogens with zero attached hydrogens (tertiary/aromatic N) is 2. The van der Waals surface area contributed by atoms with Gasteiger partial charge in [0.1, 0.15) is 0 Å². The van der Waals surface area contributed by atoms with Crippen LogP contribution in [0.15, 0.2) is 24.3 Å². The number of ether oxygens (including phenoxy) is 1. The van der Waals surface area contributed by atoms with Gasteiger partial charge in [-0.3, -0.25) is 4.90 Å². The number of pyridine rings is 1. The van der Waals surface area contributed by atoms with E-state index in [4.69, 9.17) is 4.74 Å². The van der Waals surface area contributed by atoms with Crippen molar-refractivity contribution >= 4 is 20.7 Å². The minimum absolute atomic E-state index is 0.207. The minimum Gasteiger partial charge on any atom is -0.481 e. The molecule has 1 aliphatic heterocycles. The smallest absolute Gasteiger partial charge is 0.218 e. The summed E-state index contributed by atoms with van der Waals surface area (Å²) in [5.41, 5.74) is 2.70. The molecule has 6 heteroatoms. The molecule has 24 heavy (non-hydrogen) atoms. The van der Waals surface area contributed by atoms with E-state index >= 15 is 0 Å². The van der Waals surface area contributed by atoms with Crippen LogP contribution in [0.4, 0.5) is 0 Å². The zero-order valence-corrected chi connectivity index (χ0v) is 15.5. The maximum atomic E-state index is 11.9. The van der Waals surface area contributed by atoms with E-state index in [-0.39, 0.29) is 17.0 Å². The molecule has 5 nitrogen and oxygen atoms in total. The van der Waals surface area contributed by atoms with E-state index in [1.165, 1.54) is 0 Å². The summed E-state index contributed by atoms with van der Waals surface area (Å²) in [6.07, 6.45) is 0.661. The third kappa shape index (κ3) is 3.26. The molecule has 1 fully saturated rings. The SMILES string of the molecule is COc1nc2cc(C)ccc2cc1CN(C)[C@@]1(C)CCS(=O)(=O)C1. The van der Waals surface area contributed by atoms with Gasteiger partial charge in [-0.2, -0.15) is 0 Å². The molecule has 1 aromatic heterocycles. The average molecular weight is 348 g/mol. The van der Waals surface area contributed by atoms with Crippen LogP contribution in [0, 0.1) is 6.92 Å². The zero-order valence-electron chi connectivity index (χ0n) is 14.7. The van der Waals surface area contributed by atoms with Gasteiger partial charge in [0.25, 0.3) is 0 Å². The summed E-state index contributed by atoms with van der Waals surface area (Å²) in [7, 11) is 0.657. The van der Waals surface area contributed by atoms with Gasteiger partial charge in [-0.1, -0.05) is 12.1 Å². The van der Waals surface area contributed by atoms with Crippen LogP contribution in [-0.4, -0.2) is 49.5 Å². The molecule has 1 atom stereocenters. The third-order valence-corrected chi connectivity index (χ3v) is 6.91. The van der Waals surface area contributed by atoms with Gasteiger partial charge in [-0.25, -0.2) is 13.4 Å². The number of sulfone groups is 1. The van der Waals surface area contributed by atoms with Crippen LogP contribution in [0.3, 0.4) is 0 Å². The van der Waals surface area contributed by atoms with E-state index in [1.807, 2.05) is 27.0 Å². The van der Waals surface area contributed by atoms with Crippen molar-refractivity contribution in [3.8, 4) is 5.88 Å². The predicted molar refractivity (Wildman–Crippen MR) is 96.2 cm³/mol. The Morgan fingerprint density at radius 1 is 1.33 bits per heavy atom. The van der Waals surface area contributed by atoms with Crippen LogP contribution in [0.5, 0.6) is 5.88 Å². The summed E-state index contributed by atoms with van der Waals surface area (Å²) < 4.78 is 29.2. The number of fused-ring (bicyclic) bond motifs is 1. The van der Waals surface area contributed by atoms with Crippen LogP contribution in [0.25, 0.3) is 10.9 Å². The summed E-state index contributed by atoms with van der Waals surface area (Å²) in [5, 5.41) is 1.06. The standard InChI is InChI=1S/C18H24N2O3S/c1-13-5-6-14-10-15(17(23-4)19-16(14)9-13)11-20(3)18(2)7-8-24(21,22)12-18/h5-6,9-10H,7-8,11-12H2,1-4H3/t18-/m0/s1. The van der Waals surface area contributed by atoms with E-state index in [9.17, 15) is 8.42 Å². The summed E-state index contributed by atoms with van der Waals surface area (Å²) in [4.78, 5) is 6.73. The highest BCUT2D eigenvalue weighted by Gasteiger charge is 2.41. The first-order valence-corrected chi connectivity index (χ1v) is 9.90. The van der Waals surface area contributed by atoms with Crippen LogP contribution in [-0.2, 0) is 16.4 Å². The molecule has 0 amide bonds. The lowest BCUT2D eigenvalue weighted by Crippen LogP contribution is -2.44. The third-order valence-electron chi connectivity index (χ3n) is 5.02. The Labute approximate surface area is 143 Å². The number of rotatable bonds is 4. The number of benzene rings is 1. The number of hydrogen-bond donors (Lipinski definition) is 0. The highest BCUT2D eigenvalue weighted by molar-refractivity contribution is 7.91. The normalized spacial score (nSPS) is 23.0. The molecule has 0 bridgehead atoms. The summed E-state index contributed by atoms with van der Waals surface area (Å²) in [6, 6.07) is 8.25. The quantitative estimate of drug-likeness (QED) is 0.850. The predicted octanol–water partition coefficient (Wildman–Crippen LogP) is 2.56. The maximum absolute atomic E-state index is 11.9. The minimum atomic E-state index is -2.93. The number of aromatic nitrogens is 1. The highest BCUT2D eigenvalue weighted by Crippen LogP contribution is 2.31. The monoisotopic (exact) mass is 348 g/mol. The van der Waals surface area contributed by atoms with Crippen LogP contribution in [0.1, 0.15) is 24.5 Å². The summed E-state index contributed by atoms with van der Waals surface area (Å²) >= 11 is 0. The lowest BCUT2D eigenvalue weighted by Gasteiger charge is -2.34. The summed E-state index contributed by atoms with van der Waals surface area (Å²) in [6.45, 7) is 4.66. The molecule has 1 aliphatic rings. The van der Waals surface area contributed by atoms with Crippen molar-refractivity contribution in [3.63, 3.8) is 0 Å².